The monoisotopic (exact) mass is 362 g/mol. The maximum atomic E-state index is 12.9. The van der Waals surface area contributed by atoms with E-state index >= 15 is 0 Å². The highest BCUT2D eigenvalue weighted by molar-refractivity contribution is 9.10. The summed E-state index contributed by atoms with van der Waals surface area (Å²) >= 11 is 8.82. The highest BCUT2D eigenvalue weighted by Gasteiger charge is 2.29. The van der Waals surface area contributed by atoms with E-state index in [2.05, 4.69) is 15.9 Å². The average molecular weight is 364 g/mol. The normalized spacial score (nSPS) is 12.7. The SMILES string of the molecule is NCC(F)(F)CNS(=O)(=O)c1ccc(Br)c(Cl)c1. The molecule has 0 aliphatic rings. The van der Waals surface area contributed by atoms with Crippen LogP contribution in [0, 0.1) is 0 Å². The molecule has 0 saturated heterocycles. The Labute approximate surface area is 117 Å². The second-order valence-electron chi connectivity index (χ2n) is 3.46. The van der Waals surface area contributed by atoms with Gasteiger partial charge in [0.1, 0.15) is 0 Å². The van der Waals surface area contributed by atoms with Crippen LogP contribution in [0.2, 0.25) is 5.02 Å². The Morgan fingerprint density at radius 2 is 2.06 bits per heavy atom. The number of hydrogen-bond donors (Lipinski definition) is 2. The van der Waals surface area contributed by atoms with Crippen molar-refractivity contribution in [2.45, 2.75) is 10.8 Å². The Morgan fingerprint density at radius 1 is 1.44 bits per heavy atom. The molecule has 0 bridgehead atoms. The van der Waals surface area contributed by atoms with Gasteiger partial charge in [-0.05, 0) is 34.1 Å². The molecule has 0 saturated carbocycles. The van der Waals surface area contributed by atoms with Crippen molar-refractivity contribution in [1.82, 2.24) is 4.72 Å². The summed E-state index contributed by atoms with van der Waals surface area (Å²) in [5.41, 5.74) is 4.81. The zero-order valence-electron chi connectivity index (χ0n) is 8.96. The van der Waals surface area contributed by atoms with Gasteiger partial charge < -0.3 is 5.73 Å². The fourth-order valence-electron chi connectivity index (χ4n) is 1.00. The molecular formula is C9H10BrClF2N2O2S. The van der Waals surface area contributed by atoms with E-state index in [-0.39, 0.29) is 9.92 Å². The van der Waals surface area contributed by atoms with Crippen LogP contribution < -0.4 is 10.5 Å². The van der Waals surface area contributed by atoms with E-state index in [4.69, 9.17) is 17.3 Å². The molecule has 0 spiro atoms. The van der Waals surface area contributed by atoms with Crippen molar-refractivity contribution in [1.29, 1.82) is 0 Å². The Hall–Kier alpha value is -0.280. The number of halogens is 4. The Bertz CT molecular complexity index is 539. The molecular weight excluding hydrogens is 354 g/mol. The quantitative estimate of drug-likeness (QED) is 0.840. The summed E-state index contributed by atoms with van der Waals surface area (Å²) in [7, 11) is -4.03. The first-order valence-corrected chi connectivity index (χ1v) is 7.36. The smallest absolute Gasteiger partial charge is 0.273 e. The van der Waals surface area contributed by atoms with Gasteiger partial charge >= 0.3 is 0 Å². The lowest BCUT2D eigenvalue weighted by Gasteiger charge is -2.14. The summed E-state index contributed by atoms with van der Waals surface area (Å²) in [6.07, 6.45) is 0. The molecule has 0 atom stereocenters. The number of hydrogen-bond acceptors (Lipinski definition) is 3. The van der Waals surface area contributed by atoms with Crippen LogP contribution in [0.3, 0.4) is 0 Å². The van der Waals surface area contributed by atoms with E-state index in [0.717, 1.165) is 6.07 Å². The summed E-state index contributed by atoms with van der Waals surface area (Å²) in [4.78, 5) is -0.191. The highest BCUT2D eigenvalue weighted by atomic mass is 79.9. The third-order valence-electron chi connectivity index (χ3n) is 2.02. The lowest BCUT2D eigenvalue weighted by atomic mass is 10.3. The van der Waals surface area contributed by atoms with Crippen molar-refractivity contribution >= 4 is 37.6 Å². The second-order valence-corrected chi connectivity index (χ2v) is 6.49. The standard InChI is InChI=1S/C9H10BrClF2N2O2S/c10-7-2-1-6(3-8(7)11)18(16,17)15-5-9(12,13)4-14/h1-3,15H,4-5,14H2. The van der Waals surface area contributed by atoms with Crippen LogP contribution in [0.15, 0.2) is 27.6 Å². The molecule has 102 valence electrons. The van der Waals surface area contributed by atoms with Crippen LogP contribution in [0.1, 0.15) is 0 Å². The molecule has 1 aromatic carbocycles. The molecule has 0 amide bonds. The largest absolute Gasteiger partial charge is 0.325 e. The van der Waals surface area contributed by atoms with Gasteiger partial charge in [0.15, 0.2) is 0 Å². The molecule has 0 heterocycles. The molecule has 0 aliphatic heterocycles. The molecule has 0 radical (unpaired) electrons. The van der Waals surface area contributed by atoms with E-state index in [9.17, 15) is 17.2 Å². The van der Waals surface area contributed by atoms with Gasteiger partial charge in [0.25, 0.3) is 5.92 Å². The fraction of sp³-hybridized carbons (Fsp3) is 0.333. The summed E-state index contributed by atoms with van der Waals surface area (Å²) in [5.74, 6) is -3.29. The van der Waals surface area contributed by atoms with Crippen LogP contribution in [-0.2, 0) is 10.0 Å². The molecule has 4 nitrogen and oxygen atoms in total. The molecule has 0 fully saturated rings. The van der Waals surface area contributed by atoms with Gasteiger partial charge in [-0.2, -0.15) is 0 Å². The van der Waals surface area contributed by atoms with Crippen molar-refractivity contribution in [3.8, 4) is 0 Å². The predicted molar refractivity (Wildman–Crippen MR) is 68.3 cm³/mol. The molecule has 1 aromatic rings. The Kier molecular flexibility index (Phi) is 5.07. The third kappa shape index (κ3) is 4.13. The molecule has 3 N–H and O–H groups in total. The predicted octanol–water partition coefficient (Wildman–Crippen LogP) is 1.97. The highest BCUT2D eigenvalue weighted by Crippen LogP contribution is 2.25. The Morgan fingerprint density at radius 3 is 2.56 bits per heavy atom. The lowest BCUT2D eigenvalue weighted by molar-refractivity contribution is 0.0170. The summed E-state index contributed by atoms with van der Waals surface area (Å²) in [5, 5.41) is 0.170. The van der Waals surface area contributed by atoms with Gasteiger partial charge in [-0.25, -0.2) is 21.9 Å². The van der Waals surface area contributed by atoms with Crippen molar-refractivity contribution in [3.63, 3.8) is 0 Å². The van der Waals surface area contributed by atoms with Crippen molar-refractivity contribution in [3.05, 3.63) is 27.7 Å². The Balaban J connectivity index is 2.90. The maximum absolute atomic E-state index is 12.9. The molecule has 1 rings (SSSR count). The van der Waals surface area contributed by atoms with E-state index < -0.39 is 29.0 Å². The van der Waals surface area contributed by atoms with E-state index in [1.54, 1.807) is 4.72 Å². The minimum atomic E-state index is -4.03. The maximum Gasteiger partial charge on any atom is 0.273 e. The van der Waals surface area contributed by atoms with Gasteiger partial charge in [0.05, 0.1) is 23.0 Å². The summed E-state index contributed by atoms with van der Waals surface area (Å²) < 4.78 is 51.4. The van der Waals surface area contributed by atoms with Crippen LogP contribution >= 0.6 is 27.5 Å². The third-order valence-corrected chi connectivity index (χ3v) is 4.65. The first kappa shape index (κ1) is 15.8. The van der Waals surface area contributed by atoms with Gasteiger partial charge in [0, 0.05) is 4.47 Å². The number of nitrogens with one attached hydrogen (secondary N) is 1. The summed E-state index contributed by atoms with van der Waals surface area (Å²) in [6, 6.07) is 3.82. The van der Waals surface area contributed by atoms with Crippen LogP contribution in [0.5, 0.6) is 0 Å². The number of sulfonamides is 1. The first-order chi connectivity index (χ1) is 8.18. The van der Waals surface area contributed by atoms with Gasteiger partial charge in [-0.3, -0.25) is 0 Å². The minimum Gasteiger partial charge on any atom is -0.325 e. The summed E-state index contributed by atoms with van der Waals surface area (Å²) in [6.45, 7) is -1.99. The molecule has 18 heavy (non-hydrogen) atoms. The lowest BCUT2D eigenvalue weighted by Crippen LogP contribution is -2.41. The van der Waals surface area contributed by atoms with Crippen molar-refractivity contribution in [2.24, 2.45) is 5.73 Å². The molecule has 0 unspecified atom stereocenters. The number of rotatable bonds is 5. The van der Waals surface area contributed by atoms with Crippen molar-refractivity contribution < 1.29 is 17.2 Å². The molecule has 9 heteroatoms. The van der Waals surface area contributed by atoms with E-state index in [1.807, 2.05) is 0 Å². The zero-order valence-corrected chi connectivity index (χ0v) is 12.1. The first-order valence-electron chi connectivity index (χ1n) is 4.70. The van der Waals surface area contributed by atoms with Crippen LogP contribution in [0.4, 0.5) is 8.78 Å². The second kappa shape index (κ2) is 5.79. The van der Waals surface area contributed by atoms with Crippen LogP contribution in [-0.4, -0.2) is 27.4 Å². The van der Waals surface area contributed by atoms with Crippen LogP contribution in [0.25, 0.3) is 0 Å². The average Bonchev–Trinajstić information content (AvgIpc) is 2.30. The number of nitrogens with two attached hydrogens (primary N) is 1. The minimum absolute atomic E-state index is 0.170. The zero-order chi connectivity index (χ0) is 14.0. The number of benzene rings is 1. The van der Waals surface area contributed by atoms with Gasteiger partial charge in [0.2, 0.25) is 10.0 Å². The topological polar surface area (TPSA) is 72.2 Å². The van der Waals surface area contributed by atoms with Gasteiger partial charge in [-0.1, -0.05) is 11.6 Å². The fourth-order valence-corrected chi connectivity index (χ4v) is 2.58. The van der Waals surface area contributed by atoms with E-state index in [0.29, 0.717) is 4.47 Å². The number of alkyl halides is 2. The van der Waals surface area contributed by atoms with Crippen molar-refractivity contribution in [2.75, 3.05) is 13.1 Å². The van der Waals surface area contributed by atoms with Gasteiger partial charge in [-0.15, -0.1) is 0 Å². The van der Waals surface area contributed by atoms with E-state index in [1.165, 1.54) is 12.1 Å². The molecule has 0 aromatic heterocycles. The molecule has 0 aliphatic carbocycles.